The third-order valence-electron chi connectivity index (χ3n) is 3.15. The highest BCUT2D eigenvalue weighted by Gasteiger charge is 2.11. The molecule has 1 N–H and O–H groups in total. The number of hydrogen-bond acceptors (Lipinski definition) is 5. The Hall–Kier alpha value is -3.15. The highest BCUT2D eigenvalue weighted by molar-refractivity contribution is 5.96. The van der Waals surface area contributed by atoms with Crippen LogP contribution in [0.25, 0.3) is 10.9 Å². The van der Waals surface area contributed by atoms with Gasteiger partial charge in [0.05, 0.1) is 16.8 Å². The van der Waals surface area contributed by atoms with Gasteiger partial charge in [0.25, 0.3) is 0 Å². The van der Waals surface area contributed by atoms with Crippen LogP contribution in [0.5, 0.6) is 0 Å². The van der Waals surface area contributed by atoms with Crippen LogP contribution in [-0.2, 0) is 0 Å². The Labute approximate surface area is 126 Å². The summed E-state index contributed by atoms with van der Waals surface area (Å²) in [4.78, 5) is 19.6. The average molecular weight is 292 g/mol. The van der Waals surface area contributed by atoms with Gasteiger partial charge in [0.15, 0.2) is 5.82 Å². The number of aromatic carboxylic acids is 1. The van der Waals surface area contributed by atoms with Crippen molar-refractivity contribution in [3.8, 4) is 0 Å². The Morgan fingerprint density at radius 1 is 1.14 bits per heavy atom. The lowest BCUT2D eigenvalue weighted by atomic mass is 10.1. The number of benzene rings is 1. The maximum Gasteiger partial charge on any atom is 0.337 e. The van der Waals surface area contributed by atoms with Crippen LogP contribution >= 0.6 is 0 Å². The van der Waals surface area contributed by atoms with Crippen LogP contribution in [0.1, 0.15) is 16.1 Å². The fraction of sp³-hybridized carbons (Fsp3) is 0.0625. The Balaban J connectivity index is 2.09. The molecule has 2 aromatic heterocycles. The second-order valence-corrected chi connectivity index (χ2v) is 4.66. The highest BCUT2D eigenvalue weighted by Crippen LogP contribution is 2.27. The van der Waals surface area contributed by atoms with E-state index in [1.807, 2.05) is 6.07 Å². The number of carboxylic acids is 1. The first-order chi connectivity index (χ1) is 10.6. The molecule has 2 heterocycles. The fourth-order valence-electron chi connectivity index (χ4n) is 2.09. The van der Waals surface area contributed by atoms with Crippen molar-refractivity contribution in [3.63, 3.8) is 0 Å². The van der Waals surface area contributed by atoms with Gasteiger partial charge < -0.3 is 5.11 Å². The zero-order valence-corrected chi connectivity index (χ0v) is 11.8. The molecule has 1 aromatic carbocycles. The highest BCUT2D eigenvalue weighted by atomic mass is 16.4. The van der Waals surface area contributed by atoms with E-state index in [0.717, 1.165) is 0 Å². The number of hydrogen-bond donors (Lipinski definition) is 1. The number of aromatic nitrogens is 2. The quantitative estimate of drug-likeness (QED) is 0.737. The first-order valence-electron chi connectivity index (χ1n) is 6.61. The van der Waals surface area contributed by atoms with Crippen LogP contribution in [-0.4, -0.2) is 21.0 Å². The molecule has 0 saturated heterocycles. The van der Waals surface area contributed by atoms with Crippen molar-refractivity contribution in [1.82, 2.24) is 9.97 Å². The van der Waals surface area contributed by atoms with Crippen molar-refractivity contribution in [3.05, 3.63) is 59.9 Å². The molecular formula is C16H12N4O2. The summed E-state index contributed by atoms with van der Waals surface area (Å²) in [6.45, 7) is 1.66. The maximum atomic E-state index is 11.2. The molecule has 3 aromatic rings. The summed E-state index contributed by atoms with van der Waals surface area (Å²) in [5, 5.41) is 18.1. The molecule has 0 aliphatic carbocycles. The van der Waals surface area contributed by atoms with E-state index in [1.54, 1.807) is 49.5 Å². The molecular weight excluding hydrogens is 280 g/mol. The number of nitrogens with zero attached hydrogens (tertiary/aromatic N) is 4. The lowest BCUT2D eigenvalue weighted by Crippen LogP contribution is -2.01. The molecule has 0 atom stereocenters. The summed E-state index contributed by atoms with van der Waals surface area (Å²) < 4.78 is 0. The summed E-state index contributed by atoms with van der Waals surface area (Å²) >= 11 is 0. The Bertz CT molecular complexity index is 876. The number of aryl methyl sites for hydroxylation is 1. The Kier molecular flexibility index (Phi) is 3.57. The summed E-state index contributed by atoms with van der Waals surface area (Å²) in [6, 6.07) is 12.3. The molecule has 0 fully saturated rings. The second-order valence-electron chi connectivity index (χ2n) is 4.66. The van der Waals surface area contributed by atoms with Crippen molar-refractivity contribution in [2.75, 3.05) is 0 Å². The molecule has 3 rings (SSSR count). The van der Waals surface area contributed by atoms with Crippen LogP contribution in [0.3, 0.4) is 0 Å². The van der Waals surface area contributed by atoms with E-state index in [2.05, 4.69) is 20.2 Å². The lowest BCUT2D eigenvalue weighted by molar-refractivity contribution is 0.0696. The summed E-state index contributed by atoms with van der Waals surface area (Å²) in [6.07, 6.45) is 1.64. The topological polar surface area (TPSA) is 87.8 Å². The molecule has 6 nitrogen and oxygen atoms in total. The van der Waals surface area contributed by atoms with Gasteiger partial charge in [-0.2, -0.15) is 0 Å². The van der Waals surface area contributed by atoms with Crippen molar-refractivity contribution in [2.24, 2.45) is 10.2 Å². The first kappa shape index (κ1) is 13.8. The van der Waals surface area contributed by atoms with Gasteiger partial charge in [0.2, 0.25) is 0 Å². The van der Waals surface area contributed by atoms with Gasteiger partial charge in [-0.3, -0.25) is 0 Å². The SMILES string of the molecule is Cc1nc2c(N=Nc3ccccn3)cccc2cc1C(=O)O. The van der Waals surface area contributed by atoms with Crippen molar-refractivity contribution < 1.29 is 9.90 Å². The zero-order chi connectivity index (χ0) is 15.5. The Morgan fingerprint density at radius 3 is 2.73 bits per heavy atom. The zero-order valence-electron chi connectivity index (χ0n) is 11.8. The van der Waals surface area contributed by atoms with Gasteiger partial charge in [-0.05, 0) is 31.2 Å². The molecule has 0 aliphatic rings. The monoisotopic (exact) mass is 292 g/mol. The number of fused-ring (bicyclic) bond motifs is 1. The molecule has 0 radical (unpaired) electrons. The predicted octanol–water partition coefficient (Wildman–Crippen LogP) is 4.05. The smallest absolute Gasteiger partial charge is 0.337 e. The van der Waals surface area contributed by atoms with E-state index in [-0.39, 0.29) is 5.56 Å². The molecule has 0 saturated carbocycles. The third kappa shape index (κ3) is 2.67. The number of azo groups is 1. The van der Waals surface area contributed by atoms with Gasteiger partial charge in [-0.15, -0.1) is 10.2 Å². The minimum atomic E-state index is -0.993. The van der Waals surface area contributed by atoms with Crippen molar-refractivity contribution in [1.29, 1.82) is 0 Å². The second kappa shape index (κ2) is 5.69. The number of carboxylic acid groups (broad SMARTS) is 1. The largest absolute Gasteiger partial charge is 0.478 e. The summed E-state index contributed by atoms with van der Waals surface area (Å²) in [7, 11) is 0. The molecule has 0 spiro atoms. The molecule has 6 heteroatoms. The van der Waals surface area contributed by atoms with Gasteiger partial charge >= 0.3 is 5.97 Å². The number of rotatable bonds is 3. The molecule has 0 amide bonds. The van der Waals surface area contributed by atoms with Crippen LogP contribution in [0.4, 0.5) is 11.5 Å². The number of para-hydroxylation sites is 1. The number of carbonyl (C=O) groups is 1. The standard InChI is InChI=1S/C16H12N4O2/c1-10-12(16(21)22)9-11-5-4-6-13(15(11)18-10)19-20-14-7-2-3-8-17-14/h2-9H,1H3,(H,21,22). The van der Waals surface area contributed by atoms with E-state index in [9.17, 15) is 4.79 Å². The molecule has 22 heavy (non-hydrogen) atoms. The fourth-order valence-corrected chi connectivity index (χ4v) is 2.09. The molecule has 0 aliphatic heterocycles. The van der Waals surface area contributed by atoms with Gasteiger partial charge in [0, 0.05) is 11.6 Å². The van der Waals surface area contributed by atoms with Gasteiger partial charge in [0.1, 0.15) is 5.69 Å². The average Bonchev–Trinajstić information content (AvgIpc) is 2.53. The van der Waals surface area contributed by atoms with Crippen LogP contribution in [0.15, 0.2) is 58.9 Å². The summed E-state index contributed by atoms with van der Waals surface area (Å²) in [5.41, 5.74) is 1.82. The molecule has 0 bridgehead atoms. The predicted molar refractivity (Wildman–Crippen MR) is 81.9 cm³/mol. The normalized spacial score (nSPS) is 11.1. The van der Waals surface area contributed by atoms with Crippen molar-refractivity contribution >= 4 is 28.4 Å². The van der Waals surface area contributed by atoms with E-state index in [4.69, 9.17) is 5.11 Å². The first-order valence-corrected chi connectivity index (χ1v) is 6.61. The lowest BCUT2D eigenvalue weighted by Gasteiger charge is -2.05. The third-order valence-corrected chi connectivity index (χ3v) is 3.15. The minimum absolute atomic E-state index is 0.186. The molecule has 0 unspecified atom stereocenters. The molecule has 108 valence electrons. The van der Waals surface area contributed by atoms with E-state index in [0.29, 0.717) is 28.1 Å². The van der Waals surface area contributed by atoms with Crippen LogP contribution in [0.2, 0.25) is 0 Å². The van der Waals surface area contributed by atoms with Crippen LogP contribution < -0.4 is 0 Å². The summed E-state index contributed by atoms with van der Waals surface area (Å²) in [5.74, 6) is -0.495. The van der Waals surface area contributed by atoms with Gasteiger partial charge in [-0.25, -0.2) is 14.8 Å². The van der Waals surface area contributed by atoms with E-state index < -0.39 is 5.97 Å². The van der Waals surface area contributed by atoms with E-state index in [1.165, 1.54) is 0 Å². The van der Waals surface area contributed by atoms with Crippen LogP contribution in [0, 0.1) is 6.92 Å². The number of pyridine rings is 2. The van der Waals surface area contributed by atoms with E-state index >= 15 is 0 Å². The van der Waals surface area contributed by atoms with Crippen molar-refractivity contribution in [2.45, 2.75) is 6.92 Å². The minimum Gasteiger partial charge on any atom is -0.478 e. The Morgan fingerprint density at radius 2 is 2.00 bits per heavy atom. The maximum absolute atomic E-state index is 11.2. The van der Waals surface area contributed by atoms with Gasteiger partial charge in [-0.1, -0.05) is 18.2 Å².